The lowest BCUT2D eigenvalue weighted by molar-refractivity contribution is 0.526. The van der Waals surface area contributed by atoms with E-state index >= 15 is 0 Å². The monoisotopic (exact) mass is 292 g/mol. The molecule has 1 aromatic carbocycles. The van der Waals surface area contributed by atoms with Crippen molar-refractivity contribution in [2.24, 2.45) is 0 Å². The molecule has 0 saturated heterocycles. The molecule has 0 spiro atoms. The minimum absolute atomic E-state index is 0.0281. The Morgan fingerprint density at radius 1 is 1.35 bits per heavy atom. The number of benzene rings is 1. The molecule has 20 heavy (non-hydrogen) atoms. The van der Waals surface area contributed by atoms with Crippen LogP contribution in [-0.4, -0.2) is 11.5 Å². The second-order valence-corrected chi connectivity index (χ2v) is 5.23. The predicted molar refractivity (Wildman–Crippen MR) is 80.5 cm³/mol. The van der Waals surface area contributed by atoms with Gasteiger partial charge < -0.3 is 5.32 Å². The molecule has 0 aliphatic heterocycles. The van der Waals surface area contributed by atoms with E-state index in [0.29, 0.717) is 12.0 Å². The Kier molecular flexibility index (Phi) is 5.10. The molecule has 0 bridgehead atoms. The highest BCUT2D eigenvalue weighted by molar-refractivity contribution is 6.30. The summed E-state index contributed by atoms with van der Waals surface area (Å²) in [6.07, 6.45) is 4.18. The van der Waals surface area contributed by atoms with Crippen LogP contribution in [0.4, 0.5) is 4.39 Å². The zero-order valence-electron chi connectivity index (χ0n) is 11.7. The van der Waals surface area contributed by atoms with Gasteiger partial charge in [-0.05, 0) is 42.6 Å². The number of aromatic nitrogens is 1. The summed E-state index contributed by atoms with van der Waals surface area (Å²) in [5.74, 6) is -0.335. The molecule has 1 aromatic heterocycles. The Morgan fingerprint density at radius 2 is 2.15 bits per heavy atom. The molecule has 1 unspecified atom stereocenters. The maximum Gasteiger partial charge on any atom is 0.145 e. The first kappa shape index (κ1) is 14.9. The van der Waals surface area contributed by atoms with Crippen LogP contribution in [0.15, 0.2) is 36.7 Å². The maximum absolute atomic E-state index is 14.0. The lowest BCUT2D eigenvalue weighted by Crippen LogP contribution is -2.23. The van der Waals surface area contributed by atoms with Gasteiger partial charge in [0.05, 0.1) is 5.02 Å². The van der Waals surface area contributed by atoms with Gasteiger partial charge in [-0.15, -0.1) is 0 Å². The van der Waals surface area contributed by atoms with Crippen LogP contribution in [0.25, 0.3) is 0 Å². The second kappa shape index (κ2) is 6.82. The molecule has 4 heteroatoms. The van der Waals surface area contributed by atoms with E-state index < -0.39 is 0 Å². The quantitative estimate of drug-likeness (QED) is 0.898. The molecule has 0 fully saturated rings. The topological polar surface area (TPSA) is 24.9 Å². The Labute approximate surface area is 124 Å². The van der Waals surface area contributed by atoms with E-state index in [-0.39, 0.29) is 16.9 Å². The molecule has 0 amide bonds. The normalized spacial score (nSPS) is 12.4. The molecular formula is C16H18ClFN2. The Balaban J connectivity index is 2.28. The number of rotatable bonds is 5. The molecule has 0 aliphatic carbocycles. The number of nitrogens with zero attached hydrogens (tertiary/aromatic N) is 1. The number of hydrogen-bond acceptors (Lipinski definition) is 2. The van der Waals surface area contributed by atoms with Crippen molar-refractivity contribution in [2.45, 2.75) is 26.3 Å². The number of aryl methyl sites for hydroxylation is 1. The standard InChI is InChI=1S/C16H18ClFN2/c1-3-20-15(13-7-11(2)9-19-10-13)8-12-5-4-6-14(17)16(12)18/h4-7,9-10,15,20H,3,8H2,1-2H3. The highest BCUT2D eigenvalue weighted by Gasteiger charge is 2.15. The summed E-state index contributed by atoms with van der Waals surface area (Å²) in [4.78, 5) is 4.21. The predicted octanol–water partition coefficient (Wildman–Crippen LogP) is 4.08. The summed E-state index contributed by atoms with van der Waals surface area (Å²) >= 11 is 5.84. The fourth-order valence-electron chi connectivity index (χ4n) is 2.25. The number of nitrogens with one attached hydrogen (secondary N) is 1. The fraction of sp³-hybridized carbons (Fsp3) is 0.312. The van der Waals surface area contributed by atoms with Crippen LogP contribution in [-0.2, 0) is 6.42 Å². The summed E-state index contributed by atoms with van der Waals surface area (Å²) in [7, 11) is 0. The van der Waals surface area contributed by atoms with E-state index in [9.17, 15) is 4.39 Å². The van der Waals surface area contributed by atoms with E-state index in [1.807, 2.05) is 26.2 Å². The van der Waals surface area contributed by atoms with E-state index in [1.54, 1.807) is 18.2 Å². The van der Waals surface area contributed by atoms with Crippen LogP contribution in [0.3, 0.4) is 0 Å². The van der Waals surface area contributed by atoms with Crippen LogP contribution in [0.2, 0.25) is 5.02 Å². The maximum atomic E-state index is 14.0. The van der Waals surface area contributed by atoms with Crippen LogP contribution >= 0.6 is 11.6 Å². The first-order chi connectivity index (χ1) is 9.61. The molecule has 0 saturated carbocycles. The van der Waals surface area contributed by atoms with E-state index in [1.165, 1.54) is 0 Å². The Hall–Kier alpha value is -1.45. The van der Waals surface area contributed by atoms with E-state index in [0.717, 1.165) is 17.7 Å². The van der Waals surface area contributed by atoms with Crippen molar-refractivity contribution >= 4 is 11.6 Å². The molecule has 0 radical (unpaired) electrons. The number of hydrogen-bond donors (Lipinski definition) is 1. The van der Waals surface area contributed by atoms with Gasteiger partial charge in [0, 0.05) is 18.4 Å². The second-order valence-electron chi connectivity index (χ2n) is 4.82. The summed E-state index contributed by atoms with van der Waals surface area (Å²) < 4.78 is 14.0. The smallest absolute Gasteiger partial charge is 0.145 e. The average molecular weight is 293 g/mol. The van der Waals surface area contributed by atoms with Crippen LogP contribution in [0.1, 0.15) is 29.7 Å². The molecular weight excluding hydrogens is 275 g/mol. The third-order valence-electron chi connectivity index (χ3n) is 3.20. The van der Waals surface area contributed by atoms with Crippen LogP contribution < -0.4 is 5.32 Å². The summed E-state index contributed by atoms with van der Waals surface area (Å²) in [6.45, 7) is 4.84. The minimum atomic E-state index is -0.335. The zero-order valence-corrected chi connectivity index (χ0v) is 12.4. The first-order valence-electron chi connectivity index (χ1n) is 6.69. The van der Waals surface area contributed by atoms with Crippen LogP contribution in [0.5, 0.6) is 0 Å². The third kappa shape index (κ3) is 3.56. The average Bonchev–Trinajstić information content (AvgIpc) is 2.43. The van der Waals surface area contributed by atoms with Crippen molar-refractivity contribution in [1.29, 1.82) is 0 Å². The third-order valence-corrected chi connectivity index (χ3v) is 3.50. The molecule has 1 atom stereocenters. The Bertz CT molecular complexity index is 586. The lowest BCUT2D eigenvalue weighted by atomic mass is 9.99. The Morgan fingerprint density at radius 3 is 2.85 bits per heavy atom. The van der Waals surface area contributed by atoms with Gasteiger partial charge in [-0.3, -0.25) is 4.98 Å². The van der Waals surface area contributed by atoms with Crippen LogP contribution in [0, 0.1) is 12.7 Å². The molecule has 2 nitrogen and oxygen atoms in total. The number of likely N-dealkylation sites (N-methyl/N-ethyl adjacent to an activating group) is 1. The number of pyridine rings is 1. The summed E-state index contributed by atoms with van der Waals surface area (Å²) in [6, 6.07) is 7.22. The molecule has 2 aromatic rings. The van der Waals surface area contributed by atoms with E-state index in [4.69, 9.17) is 11.6 Å². The van der Waals surface area contributed by atoms with Gasteiger partial charge >= 0.3 is 0 Å². The number of halogens is 2. The summed E-state index contributed by atoms with van der Waals surface area (Å²) in [5, 5.41) is 3.54. The fourth-order valence-corrected chi connectivity index (χ4v) is 2.44. The van der Waals surface area contributed by atoms with Gasteiger partial charge in [0.1, 0.15) is 5.82 Å². The molecule has 106 valence electrons. The lowest BCUT2D eigenvalue weighted by Gasteiger charge is -2.19. The largest absolute Gasteiger partial charge is 0.310 e. The zero-order chi connectivity index (χ0) is 14.5. The van der Waals surface area contributed by atoms with Gasteiger partial charge in [-0.25, -0.2) is 4.39 Å². The van der Waals surface area contributed by atoms with Gasteiger partial charge in [0.25, 0.3) is 0 Å². The minimum Gasteiger partial charge on any atom is -0.310 e. The van der Waals surface area contributed by atoms with Crippen molar-refractivity contribution in [2.75, 3.05) is 6.54 Å². The van der Waals surface area contributed by atoms with Gasteiger partial charge in [0.2, 0.25) is 0 Å². The van der Waals surface area contributed by atoms with Crippen molar-refractivity contribution in [1.82, 2.24) is 10.3 Å². The van der Waals surface area contributed by atoms with Gasteiger partial charge in [-0.2, -0.15) is 0 Å². The highest BCUT2D eigenvalue weighted by Crippen LogP contribution is 2.24. The molecule has 0 aliphatic rings. The van der Waals surface area contributed by atoms with Crippen molar-refractivity contribution in [3.8, 4) is 0 Å². The molecule has 1 heterocycles. The first-order valence-corrected chi connectivity index (χ1v) is 7.07. The SMILES string of the molecule is CCNC(Cc1cccc(Cl)c1F)c1cncc(C)c1. The summed E-state index contributed by atoms with van der Waals surface area (Å²) in [5.41, 5.74) is 2.77. The van der Waals surface area contributed by atoms with Crippen molar-refractivity contribution < 1.29 is 4.39 Å². The van der Waals surface area contributed by atoms with Gasteiger partial charge in [-0.1, -0.05) is 36.7 Å². The molecule has 1 N–H and O–H groups in total. The van der Waals surface area contributed by atoms with E-state index in [2.05, 4.69) is 16.4 Å². The molecule has 2 rings (SSSR count). The van der Waals surface area contributed by atoms with Crippen molar-refractivity contribution in [3.63, 3.8) is 0 Å². The van der Waals surface area contributed by atoms with Crippen molar-refractivity contribution in [3.05, 3.63) is 64.2 Å². The van der Waals surface area contributed by atoms with Gasteiger partial charge in [0.15, 0.2) is 0 Å². The highest BCUT2D eigenvalue weighted by atomic mass is 35.5.